The van der Waals surface area contributed by atoms with E-state index in [2.05, 4.69) is 0 Å². The third kappa shape index (κ3) is 4.93. The molecule has 1 aliphatic heterocycles. The number of halogens is 3. The average molecular weight is 437 g/mol. The van der Waals surface area contributed by atoms with Crippen LogP contribution >= 0.6 is 51.1 Å². The normalized spacial score (nSPS) is 14.5. The number of benzene rings is 1. The van der Waals surface area contributed by atoms with E-state index in [1.54, 1.807) is 42.7 Å². The third-order valence-corrected chi connectivity index (χ3v) is 11.4. The number of carbonyl (C=O) groups excluding carboxylic acids is 1. The number of amides is 1. The molecule has 0 aromatic heterocycles. The van der Waals surface area contributed by atoms with E-state index in [1.165, 1.54) is 28.7 Å². The lowest BCUT2D eigenvalue weighted by molar-refractivity contribution is -0.173. The highest BCUT2D eigenvalue weighted by molar-refractivity contribution is 9.36. The van der Waals surface area contributed by atoms with Crippen LogP contribution in [0.5, 0.6) is 11.5 Å². The van der Waals surface area contributed by atoms with Crippen LogP contribution in [-0.2, 0) is 11.2 Å². The Balaban J connectivity index is 2.24. The van der Waals surface area contributed by atoms with Crippen molar-refractivity contribution in [1.82, 2.24) is 5.32 Å². The summed E-state index contributed by atoms with van der Waals surface area (Å²) in [4.78, 5) is 12.7. The fourth-order valence-electron chi connectivity index (χ4n) is 1.87. The van der Waals surface area contributed by atoms with Gasteiger partial charge < -0.3 is 14.8 Å². The lowest BCUT2D eigenvalue weighted by Gasteiger charge is -2.17. The number of rotatable bonds is 5. The summed E-state index contributed by atoms with van der Waals surface area (Å²) in [5.41, 5.74) is 0.804. The van der Waals surface area contributed by atoms with Gasteiger partial charge in [0.05, 0.1) is 19.1 Å². The predicted octanol–water partition coefficient (Wildman–Crippen LogP) is 4.98. The molecule has 1 aromatic carbocycles. The second-order valence-electron chi connectivity index (χ2n) is 4.30. The summed E-state index contributed by atoms with van der Waals surface area (Å²) < 4.78 is 47.5. The Labute approximate surface area is 155 Å². The van der Waals surface area contributed by atoms with Crippen LogP contribution in [0.4, 0.5) is 13.2 Å². The molecular formula is C12H12F3NO3S5. The highest BCUT2D eigenvalue weighted by Crippen LogP contribution is 2.63. The van der Waals surface area contributed by atoms with E-state index >= 15 is 0 Å². The molecule has 1 N–H and O–H groups in total. The summed E-state index contributed by atoms with van der Waals surface area (Å²) in [6.45, 7) is -0.115. The molecule has 1 aromatic rings. The van der Waals surface area contributed by atoms with Crippen molar-refractivity contribution in [3.63, 3.8) is 0 Å². The lowest BCUT2D eigenvalue weighted by Crippen LogP contribution is -2.37. The highest BCUT2D eigenvalue weighted by atomic mass is 33.8. The van der Waals surface area contributed by atoms with Crippen LogP contribution in [0, 0.1) is 0 Å². The maximum atomic E-state index is 12.3. The van der Waals surface area contributed by atoms with Crippen molar-refractivity contribution in [1.29, 1.82) is 0 Å². The van der Waals surface area contributed by atoms with E-state index in [-0.39, 0.29) is 13.0 Å². The zero-order chi connectivity index (χ0) is 17.7. The van der Waals surface area contributed by atoms with E-state index in [4.69, 9.17) is 9.47 Å². The second-order valence-corrected chi connectivity index (χ2v) is 11.8. The van der Waals surface area contributed by atoms with E-state index in [0.717, 1.165) is 15.4 Å². The molecule has 0 bridgehead atoms. The number of hydrogen-bond acceptors (Lipinski definition) is 8. The van der Waals surface area contributed by atoms with Crippen LogP contribution in [0.3, 0.4) is 0 Å². The zero-order valence-electron chi connectivity index (χ0n) is 12.4. The van der Waals surface area contributed by atoms with E-state index in [9.17, 15) is 18.0 Å². The molecule has 134 valence electrons. The van der Waals surface area contributed by atoms with Gasteiger partial charge in [-0.1, -0.05) is 0 Å². The minimum atomic E-state index is -4.87. The summed E-state index contributed by atoms with van der Waals surface area (Å²) >= 11 is 0. The molecule has 0 saturated carbocycles. The van der Waals surface area contributed by atoms with Gasteiger partial charge in [0.2, 0.25) is 0 Å². The van der Waals surface area contributed by atoms with Gasteiger partial charge in [-0.2, -0.15) is 13.2 Å². The van der Waals surface area contributed by atoms with Crippen LogP contribution in [0.25, 0.3) is 0 Å². The Morgan fingerprint density at radius 2 is 1.79 bits per heavy atom. The Bertz CT molecular complexity index is 615. The number of methoxy groups -OCH3 is 2. The molecule has 0 spiro atoms. The van der Waals surface area contributed by atoms with Crippen molar-refractivity contribution in [3.8, 4) is 11.5 Å². The highest BCUT2D eigenvalue weighted by Gasteiger charge is 2.38. The molecule has 0 aliphatic carbocycles. The first kappa shape index (κ1) is 20.1. The van der Waals surface area contributed by atoms with Crippen LogP contribution in [0.15, 0.2) is 15.9 Å². The molecule has 0 unspecified atom stereocenters. The number of ether oxygens (including phenoxy) is 2. The number of nitrogens with one attached hydrogen (secondary N) is 1. The molecule has 0 radical (unpaired) electrons. The maximum Gasteiger partial charge on any atom is 0.471 e. The molecule has 0 fully saturated rings. The molecule has 1 amide bonds. The van der Waals surface area contributed by atoms with Gasteiger partial charge in [-0.25, -0.2) is 0 Å². The zero-order valence-corrected chi connectivity index (χ0v) is 16.5. The minimum Gasteiger partial charge on any atom is -0.493 e. The van der Waals surface area contributed by atoms with Gasteiger partial charge in [0.15, 0.2) is 11.5 Å². The first-order valence-electron chi connectivity index (χ1n) is 6.36. The fraction of sp³-hybridized carbons (Fsp3) is 0.417. The van der Waals surface area contributed by atoms with Gasteiger partial charge in [0.25, 0.3) is 0 Å². The Hall–Kier alpha value is -0.170. The van der Waals surface area contributed by atoms with Gasteiger partial charge in [-0.3, -0.25) is 4.79 Å². The average Bonchev–Trinajstić information content (AvgIpc) is 2.79. The van der Waals surface area contributed by atoms with Gasteiger partial charge in [0, 0.05) is 11.4 Å². The van der Waals surface area contributed by atoms with Gasteiger partial charge in [-0.05, 0) is 69.1 Å². The molecule has 0 atom stereocenters. The quantitative estimate of drug-likeness (QED) is 0.512. The molecular weight excluding hydrogens is 424 g/mol. The standard InChI is InChI=1S/C12H12F3NO3S5/c1-18-7-5-6(3-4-16-11(17)12(13,14)15)9-10(8(7)19-2)21-23-24-22-20-9/h5H,3-4H2,1-2H3,(H,16,17)/i1+1. The number of carbonyl (C=O) groups is 1. The van der Waals surface area contributed by atoms with Crippen molar-refractivity contribution >= 4 is 57.0 Å². The van der Waals surface area contributed by atoms with E-state index < -0.39 is 12.1 Å². The van der Waals surface area contributed by atoms with Crippen molar-refractivity contribution in [2.24, 2.45) is 0 Å². The van der Waals surface area contributed by atoms with Gasteiger partial charge in [0.1, 0.15) is 0 Å². The Morgan fingerprint density at radius 3 is 2.38 bits per heavy atom. The molecule has 4 nitrogen and oxygen atoms in total. The lowest BCUT2D eigenvalue weighted by atomic mass is 10.1. The number of alkyl halides is 3. The van der Waals surface area contributed by atoms with E-state index in [0.29, 0.717) is 11.5 Å². The van der Waals surface area contributed by atoms with Crippen LogP contribution in [0.1, 0.15) is 5.56 Å². The summed E-state index contributed by atoms with van der Waals surface area (Å²) in [5.74, 6) is -0.820. The smallest absolute Gasteiger partial charge is 0.471 e. The Morgan fingerprint density at radius 1 is 1.12 bits per heavy atom. The van der Waals surface area contributed by atoms with Crippen molar-refractivity contribution in [3.05, 3.63) is 11.6 Å². The maximum absolute atomic E-state index is 12.3. The SMILES string of the molecule is COc1c(O[13CH3])cc(CCNC(=O)C(F)(F)F)c2c1SSSSS2. The molecule has 12 heteroatoms. The number of hydrogen-bond donors (Lipinski definition) is 1. The summed E-state index contributed by atoms with van der Waals surface area (Å²) in [5, 5.41) is 1.89. The predicted molar refractivity (Wildman–Crippen MR) is 96.8 cm³/mol. The van der Waals surface area contributed by atoms with Crippen LogP contribution in [-0.4, -0.2) is 32.8 Å². The van der Waals surface area contributed by atoms with Crippen LogP contribution < -0.4 is 14.8 Å². The second kappa shape index (κ2) is 8.97. The summed E-state index contributed by atoms with van der Waals surface area (Å²) in [6, 6.07) is 1.74. The third-order valence-electron chi connectivity index (χ3n) is 2.88. The molecule has 1 aliphatic rings. The first-order chi connectivity index (χ1) is 11.4. The van der Waals surface area contributed by atoms with E-state index in [1.807, 2.05) is 5.32 Å². The molecule has 24 heavy (non-hydrogen) atoms. The van der Waals surface area contributed by atoms with Gasteiger partial charge >= 0.3 is 12.1 Å². The Kier molecular flexibility index (Phi) is 7.53. The summed E-state index contributed by atoms with van der Waals surface area (Å²) in [6.07, 6.45) is -4.61. The molecule has 0 saturated heterocycles. The summed E-state index contributed by atoms with van der Waals surface area (Å²) in [7, 11) is 10.8. The minimum absolute atomic E-state index is 0.115. The van der Waals surface area contributed by atoms with Gasteiger partial charge in [-0.15, -0.1) is 0 Å². The fourth-order valence-corrected chi connectivity index (χ4v) is 11.1. The van der Waals surface area contributed by atoms with Crippen LogP contribution in [0.2, 0.25) is 0 Å². The monoisotopic (exact) mass is 436 g/mol. The first-order valence-corrected chi connectivity index (χ1v) is 12.5. The van der Waals surface area contributed by atoms with Crippen molar-refractivity contribution in [2.45, 2.75) is 22.4 Å². The van der Waals surface area contributed by atoms with Crippen molar-refractivity contribution < 1.29 is 27.4 Å². The largest absolute Gasteiger partial charge is 0.493 e. The van der Waals surface area contributed by atoms with Crippen molar-refractivity contribution in [2.75, 3.05) is 20.8 Å². The topological polar surface area (TPSA) is 47.6 Å². The molecule has 2 rings (SSSR count). The molecule has 1 heterocycles. The number of fused-ring (bicyclic) bond motifs is 1.